The minimum Gasteiger partial charge on any atom is -0.385 e. The van der Waals surface area contributed by atoms with Crippen LogP contribution in [0.25, 0.3) is 0 Å². The first-order chi connectivity index (χ1) is 14.6. The van der Waals surface area contributed by atoms with Crippen LogP contribution in [-0.2, 0) is 11.2 Å². The summed E-state index contributed by atoms with van der Waals surface area (Å²) in [5.74, 6) is 0.908. The number of guanidine groups is 1. The highest BCUT2D eigenvalue weighted by Gasteiger charge is 2.19. The van der Waals surface area contributed by atoms with Crippen LogP contribution in [0.4, 0.5) is 5.69 Å². The Morgan fingerprint density at radius 1 is 1.23 bits per heavy atom. The lowest BCUT2D eigenvalue weighted by atomic mass is 10.1. The highest BCUT2D eigenvalue weighted by Crippen LogP contribution is 2.14. The number of hydrogen-bond donors (Lipinski definition) is 2. The zero-order valence-corrected chi connectivity index (χ0v) is 21.2. The first kappa shape index (κ1) is 27.6. The number of nitrogens with zero attached hydrogens (tertiary/aromatic N) is 3. The maximum Gasteiger partial charge on any atom is 0.269 e. The molecular weight excluding hydrogens is 509 g/mol. The average Bonchev–Trinajstić information content (AvgIpc) is 2.75. The number of non-ortho nitro benzene ring substituents is 1. The normalized spacial score (nSPS) is 15.4. The molecule has 0 radical (unpaired) electrons. The molecule has 1 heterocycles. The predicted octanol–water partition coefficient (Wildman–Crippen LogP) is 3.59. The fourth-order valence-electron chi connectivity index (χ4n) is 3.66. The van der Waals surface area contributed by atoms with E-state index in [1.807, 2.05) is 12.1 Å². The number of rotatable bonds is 12. The third-order valence-corrected chi connectivity index (χ3v) is 5.39. The Labute approximate surface area is 203 Å². The molecule has 0 spiro atoms. The maximum atomic E-state index is 10.7. The minimum absolute atomic E-state index is 0. The Bertz CT molecular complexity index is 649. The molecule has 2 rings (SSSR count). The van der Waals surface area contributed by atoms with Gasteiger partial charge < -0.3 is 20.3 Å². The number of likely N-dealkylation sites (tertiary alicyclic amines) is 1. The molecule has 1 aliphatic heterocycles. The quantitative estimate of drug-likeness (QED) is 0.104. The Hall–Kier alpha value is -1.46. The largest absolute Gasteiger partial charge is 0.385 e. The summed E-state index contributed by atoms with van der Waals surface area (Å²) in [6.07, 6.45) is 6.29. The van der Waals surface area contributed by atoms with Gasteiger partial charge in [0, 0.05) is 64.6 Å². The van der Waals surface area contributed by atoms with Crippen molar-refractivity contribution >= 4 is 35.6 Å². The zero-order chi connectivity index (χ0) is 21.6. The van der Waals surface area contributed by atoms with Gasteiger partial charge in [-0.2, -0.15) is 0 Å². The number of unbranched alkanes of at least 4 members (excludes halogenated alkanes) is 1. The molecule has 0 atom stereocenters. The van der Waals surface area contributed by atoms with Gasteiger partial charge in [-0.05, 0) is 51.0 Å². The van der Waals surface area contributed by atoms with Crippen LogP contribution >= 0.6 is 24.0 Å². The Morgan fingerprint density at radius 2 is 1.94 bits per heavy atom. The van der Waals surface area contributed by atoms with Crippen molar-refractivity contribution in [3.8, 4) is 0 Å². The number of aliphatic imine (C=N–C) groups is 1. The molecule has 0 aliphatic carbocycles. The topological polar surface area (TPSA) is 92.0 Å². The molecule has 2 N–H and O–H groups in total. The standard InChI is InChI=1S/C22H37N5O3.HI/c1-3-23-22(25-20-12-16-26(17-13-20)15-6-18-30-2)24-14-5-4-7-19-8-10-21(11-9-19)27(28)29;/h8-11,20H,3-7,12-18H2,1-2H3,(H2,23,24,25);1H. The van der Waals surface area contributed by atoms with Crippen molar-refractivity contribution in [3.63, 3.8) is 0 Å². The van der Waals surface area contributed by atoms with Gasteiger partial charge in [0.25, 0.3) is 5.69 Å². The highest BCUT2D eigenvalue weighted by atomic mass is 127. The summed E-state index contributed by atoms with van der Waals surface area (Å²) in [5.41, 5.74) is 1.28. The van der Waals surface area contributed by atoms with Gasteiger partial charge in [0.15, 0.2) is 5.96 Å². The average molecular weight is 547 g/mol. The molecule has 1 saturated heterocycles. The van der Waals surface area contributed by atoms with Crippen LogP contribution in [0.5, 0.6) is 0 Å². The van der Waals surface area contributed by atoms with Crippen LogP contribution in [0.1, 0.15) is 44.6 Å². The fraction of sp³-hybridized carbons (Fsp3) is 0.682. The molecule has 1 aliphatic rings. The summed E-state index contributed by atoms with van der Waals surface area (Å²) in [6.45, 7) is 7.90. The zero-order valence-electron chi connectivity index (χ0n) is 18.8. The number of piperidine rings is 1. The number of nitrogens with one attached hydrogen (secondary N) is 2. The molecule has 0 aromatic heterocycles. The molecule has 176 valence electrons. The van der Waals surface area contributed by atoms with E-state index in [-0.39, 0.29) is 34.6 Å². The molecule has 8 nitrogen and oxygen atoms in total. The third kappa shape index (κ3) is 11.1. The molecule has 31 heavy (non-hydrogen) atoms. The number of ether oxygens (including phenoxy) is 1. The van der Waals surface area contributed by atoms with E-state index in [9.17, 15) is 10.1 Å². The molecule has 9 heteroatoms. The second-order valence-corrected chi connectivity index (χ2v) is 7.75. The van der Waals surface area contributed by atoms with Crippen LogP contribution in [0, 0.1) is 10.1 Å². The van der Waals surface area contributed by atoms with Crippen LogP contribution in [0.15, 0.2) is 29.3 Å². The van der Waals surface area contributed by atoms with Crippen LogP contribution in [0.3, 0.4) is 0 Å². The minimum atomic E-state index is -0.362. The third-order valence-electron chi connectivity index (χ3n) is 5.39. The van der Waals surface area contributed by atoms with Gasteiger partial charge in [0.2, 0.25) is 0 Å². The summed E-state index contributed by atoms with van der Waals surface area (Å²) in [7, 11) is 1.76. The number of methoxy groups -OCH3 is 1. The second-order valence-electron chi connectivity index (χ2n) is 7.75. The first-order valence-corrected chi connectivity index (χ1v) is 11.1. The van der Waals surface area contributed by atoms with Crippen LogP contribution in [0.2, 0.25) is 0 Å². The molecule has 0 unspecified atom stereocenters. The van der Waals surface area contributed by atoms with Crippen molar-refractivity contribution in [2.45, 2.75) is 51.5 Å². The van der Waals surface area contributed by atoms with Crippen molar-refractivity contribution in [3.05, 3.63) is 39.9 Å². The van der Waals surface area contributed by atoms with E-state index in [2.05, 4.69) is 22.5 Å². The highest BCUT2D eigenvalue weighted by molar-refractivity contribution is 14.0. The molecule has 0 bridgehead atoms. The molecule has 1 aromatic rings. The fourth-order valence-corrected chi connectivity index (χ4v) is 3.66. The van der Waals surface area contributed by atoms with Gasteiger partial charge >= 0.3 is 0 Å². The summed E-state index contributed by atoms with van der Waals surface area (Å²) < 4.78 is 5.14. The number of hydrogen-bond acceptors (Lipinski definition) is 5. The van der Waals surface area contributed by atoms with Gasteiger partial charge in [-0.15, -0.1) is 24.0 Å². The number of benzene rings is 1. The van der Waals surface area contributed by atoms with E-state index in [1.165, 1.54) is 0 Å². The summed E-state index contributed by atoms with van der Waals surface area (Å²) >= 11 is 0. The molecule has 1 fully saturated rings. The number of halogens is 1. The maximum absolute atomic E-state index is 10.7. The van der Waals surface area contributed by atoms with Crippen molar-refractivity contribution in [1.82, 2.24) is 15.5 Å². The summed E-state index contributed by atoms with van der Waals surface area (Å²) in [6, 6.07) is 7.30. The SMILES string of the molecule is CCNC(=NCCCCc1ccc([N+](=O)[O-])cc1)NC1CCN(CCCOC)CC1.I. The van der Waals surface area contributed by atoms with Crippen LogP contribution < -0.4 is 10.6 Å². The van der Waals surface area contributed by atoms with E-state index in [1.54, 1.807) is 19.2 Å². The van der Waals surface area contributed by atoms with Gasteiger partial charge in [-0.1, -0.05) is 12.1 Å². The number of aryl methyl sites for hydroxylation is 1. The molecular formula is C22H38IN5O3. The van der Waals surface area contributed by atoms with Crippen molar-refractivity contribution in [2.24, 2.45) is 4.99 Å². The van der Waals surface area contributed by atoms with E-state index in [4.69, 9.17) is 9.73 Å². The van der Waals surface area contributed by atoms with Gasteiger partial charge in [0.1, 0.15) is 0 Å². The van der Waals surface area contributed by atoms with Crippen molar-refractivity contribution in [1.29, 1.82) is 0 Å². The molecule has 1 aromatic carbocycles. The lowest BCUT2D eigenvalue weighted by Crippen LogP contribution is -2.48. The van der Waals surface area contributed by atoms with E-state index in [0.29, 0.717) is 6.04 Å². The van der Waals surface area contributed by atoms with E-state index >= 15 is 0 Å². The summed E-state index contributed by atoms with van der Waals surface area (Å²) in [5, 5.41) is 17.7. The van der Waals surface area contributed by atoms with E-state index < -0.39 is 0 Å². The lowest BCUT2D eigenvalue weighted by Gasteiger charge is -2.33. The van der Waals surface area contributed by atoms with Crippen LogP contribution in [-0.4, -0.2) is 68.3 Å². The Kier molecular flexibility index (Phi) is 14.4. The monoisotopic (exact) mass is 547 g/mol. The lowest BCUT2D eigenvalue weighted by molar-refractivity contribution is -0.384. The van der Waals surface area contributed by atoms with Crippen molar-refractivity contribution < 1.29 is 9.66 Å². The molecule has 0 saturated carbocycles. The van der Waals surface area contributed by atoms with Gasteiger partial charge in [0.05, 0.1) is 4.92 Å². The Balaban J connectivity index is 0.00000480. The van der Waals surface area contributed by atoms with Gasteiger partial charge in [-0.3, -0.25) is 15.1 Å². The van der Waals surface area contributed by atoms with Gasteiger partial charge in [-0.25, -0.2) is 0 Å². The Morgan fingerprint density at radius 3 is 2.55 bits per heavy atom. The van der Waals surface area contributed by atoms with E-state index in [0.717, 1.165) is 89.4 Å². The number of nitro benzene ring substituents is 1. The smallest absolute Gasteiger partial charge is 0.269 e. The predicted molar refractivity (Wildman–Crippen MR) is 137 cm³/mol. The number of nitro groups is 1. The first-order valence-electron chi connectivity index (χ1n) is 11.1. The molecule has 0 amide bonds. The summed E-state index contributed by atoms with van der Waals surface area (Å²) in [4.78, 5) is 17.6. The second kappa shape index (κ2) is 16.2. The van der Waals surface area contributed by atoms with Crippen molar-refractivity contribution in [2.75, 3.05) is 46.4 Å².